The maximum Gasteiger partial charge on any atom is 0.181 e. The van der Waals surface area contributed by atoms with E-state index < -0.39 is 15.9 Å². The van der Waals surface area contributed by atoms with Crippen LogP contribution in [0, 0.1) is 0 Å². The standard InChI is InChI=1S/C7H7BrN2O2S/c8-5-2-10-1-4-6(9)3-13(11,12)7(4)5/h1-2,6H,3,9H2. The van der Waals surface area contributed by atoms with Crippen molar-refractivity contribution in [2.45, 2.75) is 10.9 Å². The molecule has 2 N–H and O–H groups in total. The van der Waals surface area contributed by atoms with Crippen LogP contribution in [-0.4, -0.2) is 19.2 Å². The molecule has 1 aromatic heterocycles. The van der Waals surface area contributed by atoms with E-state index in [9.17, 15) is 8.42 Å². The molecule has 0 bridgehead atoms. The molecule has 2 heterocycles. The lowest BCUT2D eigenvalue weighted by Crippen LogP contribution is -2.12. The molecule has 1 aromatic rings. The minimum atomic E-state index is -3.20. The van der Waals surface area contributed by atoms with E-state index in [0.717, 1.165) is 0 Å². The van der Waals surface area contributed by atoms with E-state index in [0.29, 0.717) is 14.9 Å². The number of hydrogen-bond donors (Lipinski definition) is 1. The summed E-state index contributed by atoms with van der Waals surface area (Å²) in [6.45, 7) is 0. The quantitative estimate of drug-likeness (QED) is 0.745. The van der Waals surface area contributed by atoms with Gasteiger partial charge in [0.1, 0.15) is 0 Å². The van der Waals surface area contributed by atoms with Gasteiger partial charge in [0.05, 0.1) is 15.1 Å². The van der Waals surface area contributed by atoms with Crippen molar-refractivity contribution in [3.05, 3.63) is 22.4 Å². The number of fused-ring (bicyclic) bond motifs is 1. The Morgan fingerprint density at radius 2 is 2.23 bits per heavy atom. The van der Waals surface area contributed by atoms with Crippen molar-refractivity contribution in [2.75, 3.05) is 5.75 Å². The monoisotopic (exact) mass is 262 g/mol. The molecular weight excluding hydrogens is 256 g/mol. The van der Waals surface area contributed by atoms with Crippen molar-refractivity contribution >= 4 is 25.8 Å². The molecule has 1 unspecified atom stereocenters. The van der Waals surface area contributed by atoms with E-state index in [2.05, 4.69) is 20.9 Å². The summed E-state index contributed by atoms with van der Waals surface area (Å²) in [5.74, 6) is -0.0212. The lowest BCUT2D eigenvalue weighted by atomic mass is 10.2. The summed E-state index contributed by atoms with van der Waals surface area (Å²) in [5.41, 5.74) is 6.26. The first kappa shape index (κ1) is 9.11. The van der Waals surface area contributed by atoms with E-state index in [-0.39, 0.29) is 5.75 Å². The molecule has 1 aliphatic rings. The van der Waals surface area contributed by atoms with Gasteiger partial charge in [0.15, 0.2) is 9.84 Å². The van der Waals surface area contributed by atoms with Gasteiger partial charge in [-0.1, -0.05) is 0 Å². The highest BCUT2D eigenvalue weighted by Crippen LogP contribution is 2.35. The molecule has 0 spiro atoms. The number of pyridine rings is 1. The number of sulfone groups is 1. The summed E-state index contributed by atoms with van der Waals surface area (Å²) in [6.07, 6.45) is 2.98. The molecule has 0 radical (unpaired) electrons. The summed E-state index contributed by atoms with van der Waals surface area (Å²) in [5, 5.41) is 0. The highest BCUT2D eigenvalue weighted by atomic mass is 79.9. The van der Waals surface area contributed by atoms with Crippen LogP contribution in [0.2, 0.25) is 0 Å². The number of nitrogens with zero attached hydrogens (tertiary/aromatic N) is 1. The van der Waals surface area contributed by atoms with Crippen LogP contribution in [0.1, 0.15) is 11.6 Å². The summed E-state index contributed by atoms with van der Waals surface area (Å²) in [7, 11) is -3.20. The Balaban J connectivity index is 2.81. The largest absolute Gasteiger partial charge is 0.323 e. The van der Waals surface area contributed by atoms with E-state index in [1.807, 2.05) is 0 Å². The zero-order valence-corrected chi connectivity index (χ0v) is 8.97. The topological polar surface area (TPSA) is 73.1 Å². The molecule has 0 amide bonds. The van der Waals surface area contributed by atoms with E-state index in [1.54, 1.807) is 0 Å². The van der Waals surface area contributed by atoms with Crippen molar-refractivity contribution in [2.24, 2.45) is 5.73 Å². The van der Waals surface area contributed by atoms with Gasteiger partial charge in [-0.05, 0) is 15.9 Å². The van der Waals surface area contributed by atoms with Crippen LogP contribution < -0.4 is 5.73 Å². The first-order valence-corrected chi connectivity index (χ1v) is 6.08. The molecule has 0 saturated carbocycles. The average Bonchev–Trinajstić information content (AvgIpc) is 2.24. The highest BCUT2D eigenvalue weighted by Gasteiger charge is 2.34. The molecule has 70 valence electrons. The second-order valence-corrected chi connectivity index (χ2v) is 5.75. The van der Waals surface area contributed by atoms with Gasteiger partial charge < -0.3 is 5.73 Å². The molecule has 0 aromatic carbocycles. The maximum absolute atomic E-state index is 11.5. The zero-order chi connectivity index (χ0) is 9.64. The number of nitrogens with two attached hydrogens (primary N) is 1. The average molecular weight is 263 g/mol. The molecule has 2 rings (SSSR count). The number of halogens is 1. The summed E-state index contributed by atoms with van der Waals surface area (Å²) >= 11 is 3.15. The predicted molar refractivity (Wildman–Crippen MR) is 50.9 cm³/mol. The third kappa shape index (κ3) is 1.29. The third-order valence-electron chi connectivity index (χ3n) is 1.99. The van der Waals surface area contributed by atoms with Crippen molar-refractivity contribution in [3.63, 3.8) is 0 Å². The molecule has 6 heteroatoms. The molecule has 1 aliphatic heterocycles. The van der Waals surface area contributed by atoms with Crippen molar-refractivity contribution in [3.8, 4) is 0 Å². The Kier molecular flexibility index (Phi) is 1.94. The molecule has 4 nitrogen and oxygen atoms in total. The Bertz CT molecular complexity index is 458. The summed E-state index contributed by atoms with van der Waals surface area (Å²) in [4.78, 5) is 4.18. The predicted octanol–water partition coefficient (Wildman–Crippen LogP) is 0.631. The summed E-state index contributed by atoms with van der Waals surface area (Å²) < 4.78 is 23.6. The smallest absolute Gasteiger partial charge is 0.181 e. The van der Waals surface area contributed by atoms with Crippen molar-refractivity contribution in [1.82, 2.24) is 4.98 Å². The molecule has 0 aliphatic carbocycles. The fourth-order valence-electron chi connectivity index (χ4n) is 1.44. The second-order valence-electron chi connectivity index (χ2n) is 2.93. The molecule has 0 saturated heterocycles. The van der Waals surface area contributed by atoms with Crippen LogP contribution in [0.5, 0.6) is 0 Å². The minimum Gasteiger partial charge on any atom is -0.323 e. The van der Waals surface area contributed by atoms with E-state index in [4.69, 9.17) is 5.73 Å². The SMILES string of the molecule is NC1CS(=O)(=O)c2c(Br)cncc21. The van der Waals surface area contributed by atoms with Crippen molar-refractivity contribution < 1.29 is 8.42 Å². The van der Waals surface area contributed by atoms with Gasteiger partial charge in [0.25, 0.3) is 0 Å². The van der Waals surface area contributed by atoms with Gasteiger partial charge in [0.2, 0.25) is 0 Å². The first-order valence-electron chi connectivity index (χ1n) is 3.64. The van der Waals surface area contributed by atoms with Gasteiger partial charge >= 0.3 is 0 Å². The Morgan fingerprint density at radius 1 is 1.54 bits per heavy atom. The number of rotatable bonds is 0. The zero-order valence-electron chi connectivity index (χ0n) is 6.57. The highest BCUT2D eigenvalue weighted by molar-refractivity contribution is 9.10. The number of hydrogen-bond acceptors (Lipinski definition) is 4. The Hall–Kier alpha value is -0.460. The van der Waals surface area contributed by atoms with Gasteiger partial charge in [-0.25, -0.2) is 8.42 Å². The normalized spacial score (nSPS) is 24.3. The summed E-state index contributed by atoms with van der Waals surface area (Å²) in [6, 6.07) is -0.440. The van der Waals surface area contributed by atoms with E-state index >= 15 is 0 Å². The fraction of sp³-hybridized carbons (Fsp3) is 0.286. The van der Waals surface area contributed by atoms with Gasteiger partial charge in [-0.2, -0.15) is 0 Å². The van der Waals surface area contributed by atoms with Crippen molar-refractivity contribution in [1.29, 1.82) is 0 Å². The first-order chi connectivity index (χ1) is 6.02. The minimum absolute atomic E-state index is 0.0212. The van der Waals surface area contributed by atoms with Crippen LogP contribution in [-0.2, 0) is 9.84 Å². The Labute approximate surface area is 84.2 Å². The maximum atomic E-state index is 11.5. The molecule has 13 heavy (non-hydrogen) atoms. The molecule has 0 fully saturated rings. The van der Waals surface area contributed by atoms with Gasteiger partial charge in [0, 0.05) is 24.0 Å². The number of aromatic nitrogens is 1. The lowest BCUT2D eigenvalue weighted by molar-refractivity contribution is 0.597. The second kappa shape index (κ2) is 2.76. The van der Waals surface area contributed by atoms with Crippen LogP contribution in [0.15, 0.2) is 21.8 Å². The van der Waals surface area contributed by atoms with Gasteiger partial charge in [-0.15, -0.1) is 0 Å². The Morgan fingerprint density at radius 3 is 2.85 bits per heavy atom. The van der Waals surface area contributed by atoms with Gasteiger partial charge in [-0.3, -0.25) is 4.98 Å². The molecular formula is C7H7BrN2O2S. The lowest BCUT2D eigenvalue weighted by Gasteiger charge is -2.01. The fourth-order valence-corrected chi connectivity index (χ4v) is 4.26. The van der Waals surface area contributed by atoms with Crippen LogP contribution >= 0.6 is 15.9 Å². The molecule has 1 atom stereocenters. The van der Waals surface area contributed by atoms with Crippen LogP contribution in [0.25, 0.3) is 0 Å². The third-order valence-corrected chi connectivity index (χ3v) is 4.73. The van der Waals surface area contributed by atoms with E-state index in [1.165, 1.54) is 12.4 Å². The van der Waals surface area contributed by atoms with Crippen LogP contribution in [0.3, 0.4) is 0 Å². The van der Waals surface area contributed by atoms with Crippen LogP contribution in [0.4, 0.5) is 0 Å².